The van der Waals surface area contributed by atoms with E-state index in [1.165, 1.54) is 49.8 Å². The Labute approximate surface area is 197 Å². The molecule has 1 heteroatoms. The molecule has 0 heterocycles. The first kappa shape index (κ1) is 22.3. The van der Waals surface area contributed by atoms with Gasteiger partial charge in [0, 0.05) is 4.47 Å². The van der Waals surface area contributed by atoms with E-state index in [-0.39, 0.29) is 10.8 Å². The normalized spacial score (nSPS) is 16.4. The lowest BCUT2D eigenvalue weighted by molar-refractivity contribution is 0.588. The summed E-state index contributed by atoms with van der Waals surface area (Å²) in [6, 6.07) is 23.3. The number of benzene rings is 3. The van der Waals surface area contributed by atoms with E-state index in [1.807, 2.05) is 0 Å². The molecule has 0 saturated carbocycles. The smallest absolute Gasteiger partial charge is 0.0177 e. The van der Waals surface area contributed by atoms with Gasteiger partial charge in [-0.3, -0.25) is 0 Å². The molecule has 3 aromatic rings. The average Bonchev–Trinajstić information content (AvgIpc) is 2.83. The molecule has 0 aromatic heterocycles. The van der Waals surface area contributed by atoms with Gasteiger partial charge in [0.1, 0.15) is 0 Å². The van der Waals surface area contributed by atoms with Crippen LogP contribution in [0.1, 0.15) is 81.7 Å². The third kappa shape index (κ3) is 4.82. The molecule has 0 nitrogen and oxygen atoms in total. The monoisotopic (exact) mass is 474 g/mol. The van der Waals surface area contributed by atoms with Gasteiger partial charge in [-0.2, -0.15) is 0 Å². The quantitative estimate of drug-likeness (QED) is 0.347. The fourth-order valence-corrected chi connectivity index (χ4v) is 5.22. The molecule has 1 unspecified atom stereocenters. The first-order valence-corrected chi connectivity index (χ1v) is 12.3. The van der Waals surface area contributed by atoms with Crippen molar-refractivity contribution in [2.45, 2.75) is 77.6 Å². The first-order chi connectivity index (χ1) is 14.5. The van der Waals surface area contributed by atoms with Crippen molar-refractivity contribution < 1.29 is 0 Å². The predicted octanol–water partition coefficient (Wildman–Crippen LogP) is 8.98. The summed E-state index contributed by atoms with van der Waals surface area (Å²) in [5.41, 5.74) is 10.4. The van der Waals surface area contributed by atoms with Gasteiger partial charge in [-0.05, 0) is 87.1 Å². The number of fused-ring (bicyclic) bond motifs is 3. The fraction of sp³-hybridized carbons (Fsp3) is 0.400. The minimum absolute atomic E-state index is 0.142. The van der Waals surface area contributed by atoms with Crippen LogP contribution in [0.3, 0.4) is 0 Å². The molecule has 0 aliphatic heterocycles. The predicted molar refractivity (Wildman–Crippen MR) is 138 cm³/mol. The molecule has 0 bridgehead atoms. The second kappa shape index (κ2) is 8.24. The Morgan fingerprint density at radius 3 is 2.06 bits per heavy atom. The van der Waals surface area contributed by atoms with Crippen LogP contribution in [0.5, 0.6) is 0 Å². The number of rotatable bonds is 2. The summed E-state index contributed by atoms with van der Waals surface area (Å²) >= 11 is 3.66. The van der Waals surface area contributed by atoms with Crippen molar-refractivity contribution in [3.63, 3.8) is 0 Å². The molecular weight excluding hydrogens is 440 g/mol. The van der Waals surface area contributed by atoms with Crippen LogP contribution in [-0.4, -0.2) is 0 Å². The first-order valence-electron chi connectivity index (χ1n) is 11.5. The van der Waals surface area contributed by atoms with E-state index >= 15 is 0 Å². The Hall–Kier alpha value is -1.86. The van der Waals surface area contributed by atoms with Gasteiger partial charge >= 0.3 is 0 Å². The highest BCUT2D eigenvalue weighted by molar-refractivity contribution is 9.10. The molecule has 1 aliphatic rings. The van der Waals surface area contributed by atoms with Crippen LogP contribution in [-0.2, 0) is 23.7 Å². The van der Waals surface area contributed by atoms with Gasteiger partial charge < -0.3 is 0 Å². The standard InChI is InChI=1S/C30H35Br/c1-29(2,3)23-13-12-21-10-11-22(16-20-8-7-9-25(31)17-20)26-15-14-24(30(4,5)6)19-28(26)27(21)18-23/h7-9,12-15,17-19,22H,10-11,16H2,1-6H3. The summed E-state index contributed by atoms with van der Waals surface area (Å²) in [5, 5.41) is 0. The molecule has 0 fully saturated rings. The lowest BCUT2D eigenvalue weighted by atomic mass is 9.80. The van der Waals surface area contributed by atoms with E-state index < -0.39 is 0 Å². The fourth-order valence-electron chi connectivity index (χ4n) is 4.77. The van der Waals surface area contributed by atoms with Crippen molar-refractivity contribution in [2.75, 3.05) is 0 Å². The van der Waals surface area contributed by atoms with Gasteiger partial charge in [0.15, 0.2) is 0 Å². The molecule has 3 aromatic carbocycles. The van der Waals surface area contributed by atoms with Crippen LogP contribution in [0.2, 0.25) is 0 Å². The highest BCUT2D eigenvalue weighted by Crippen LogP contribution is 2.43. The number of halogens is 1. The molecule has 31 heavy (non-hydrogen) atoms. The summed E-state index contributed by atoms with van der Waals surface area (Å²) in [6.45, 7) is 13.9. The van der Waals surface area contributed by atoms with Crippen molar-refractivity contribution in [2.24, 2.45) is 0 Å². The average molecular weight is 476 g/mol. The maximum atomic E-state index is 3.66. The van der Waals surface area contributed by atoms with E-state index in [4.69, 9.17) is 0 Å². The SMILES string of the molecule is CC(C)(C)c1ccc2c(c1)-c1cc(C(C)(C)C)ccc1C(Cc1cccc(Br)c1)CC2. The van der Waals surface area contributed by atoms with Crippen LogP contribution in [0.25, 0.3) is 11.1 Å². The van der Waals surface area contributed by atoms with E-state index in [0.29, 0.717) is 5.92 Å². The van der Waals surface area contributed by atoms with Gasteiger partial charge in [0.25, 0.3) is 0 Å². The zero-order valence-electron chi connectivity index (χ0n) is 19.9. The summed E-state index contributed by atoms with van der Waals surface area (Å²) in [7, 11) is 0. The Balaban J connectivity index is 1.87. The third-order valence-electron chi connectivity index (χ3n) is 6.76. The molecule has 0 N–H and O–H groups in total. The van der Waals surface area contributed by atoms with Crippen molar-refractivity contribution in [3.05, 3.63) is 93.0 Å². The zero-order chi connectivity index (χ0) is 22.4. The molecule has 0 amide bonds. The minimum atomic E-state index is 0.142. The summed E-state index contributed by atoms with van der Waals surface area (Å²) in [4.78, 5) is 0. The van der Waals surface area contributed by atoms with Crippen LogP contribution < -0.4 is 0 Å². The van der Waals surface area contributed by atoms with Crippen molar-refractivity contribution in [3.8, 4) is 11.1 Å². The highest BCUT2D eigenvalue weighted by atomic mass is 79.9. The Bertz CT molecular complexity index is 1090. The summed E-state index contributed by atoms with van der Waals surface area (Å²) < 4.78 is 1.17. The third-order valence-corrected chi connectivity index (χ3v) is 7.25. The van der Waals surface area contributed by atoms with Crippen molar-refractivity contribution >= 4 is 15.9 Å². The van der Waals surface area contributed by atoms with Crippen molar-refractivity contribution in [1.82, 2.24) is 0 Å². The molecule has 4 rings (SSSR count). The second-order valence-corrected chi connectivity index (χ2v) is 12.2. The molecule has 1 atom stereocenters. The van der Waals surface area contributed by atoms with Crippen LogP contribution >= 0.6 is 15.9 Å². The van der Waals surface area contributed by atoms with Gasteiger partial charge in [0.2, 0.25) is 0 Å². The second-order valence-electron chi connectivity index (χ2n) is 11.2. The van der Waals surface area contributed by atoms with E-state index in [0.717, 1.165) is 12.8 Å². The maximum Gasteiger partial charge on any atom is 0.0177 e. The topological polar surface area (TPSA) is 0 Å². The molecule has 0 spiro atoms. The summed E-state index contributed by atoms with van der Waals surface area (Å²) in [5.74, 6) is 0.531. The van der Waals surface area contributed by atoms with Crippen molar-refractivity contribution in [1.29, 1.82) is 0 Å². The van der Waals surface area contributed by atoms with Gasteiger partial charge in [-0.1, -0.05) is 106 Å². The number of aryl methyl sites for hydroxylation is 1. The molecular formula is C30H35Br. The van der Waals surface area contributed by atoms with Gasteiger partial charge in [-0.15, -0.1) is 0 Å². The minimum Gasteiger partial charge on any atom is -0.0609 e. The van der Waals surface area contributed by atoms with Crippen LogP contribution in [0.4, 0.5) is 0 Å². The van der Waals surface area contributed by atoms with E-state index in [9.17, 15) is 0 Å². The number of hydrogen-bond donors (Lipinski definition) is 0. The molecule has 1 aliphatic carbocycles. The zero-order valence-corrected chi connectivity index (χ0v) is 21.4. The lowest BCUT2D eigenvalue weighted by Gasteiger charge is -2.25. The van der Waals surface area contributed by atoms with Crippen LogP contribution in [0.15, 0.2) is 65.1 Å². The highest BCUT2D eigenvalue weighted by Gasteiger charge is 2.26. The Morgan fingerprint density at radius 2 is 1.42 bits per heavy atom. The van der Waals surface area contributed by atoms with E-state index in [2.05, 4.69) is 118 Å². The van der Waals surface area contributed by atoms with E-state index in [1.54, 1.807) is 0 Å². The Morgan fingerprint density at radius 1 is 0.774 bits per heavy atom. The lowest BCUT2D eigenvalue weighted by Crippen LogP contribution is -2.13. The van der Waals surface area contributed by atoms with Gasteiger partial charge in [-0.25, -0.2) is 0 Å². The molecule has 162 valence electrons. The number of hydrogen-bond acceptors (Lipinski definition) is 0. The maximum absolute atomic E-state index is 3.66. The summed E-state index contributed by atoms with van der Waals surface area (Å²) in [6.07, 6.45) is 3.41. The molecule has 0 saturated heterocycles. The van der Waals surface area contributed by atoms with Crippen LogP contribution in [0, 0.1) is 0 Å². The van der Waals surface area contributed by atoms with Gasteiger partial charge in [0.05, 0.1) is 0 Å². The molecule has 0 radical (unpaired) electrons. The Kier molecular flexibility index (Phi) is 5.94. The largest absolute Gasteiger partial charge is 0.0609 e.